The third-order valence-electron chi connectivity index (χ3n) is 2.25. The summed E-state index contributed by atoms with van der Waals surface area (Å²) in [5, 5.41) is 11.8. The lowest BCUT2D eigenvalue weighted by atomic mass is 10.1. The van der Waals surface area contributed by atoms with Crippen LogP contribution in [-0.2, 0) is 0 Å². The van der Waals surface area contributed by atoms with Gasteiger partial charge in [-0.05, 0) is 38.5 Å². The molecule has 0 aliphatic heterocycles. The van der Waals surface area contributed by atoms with Gasteiger partial charge in [0.25, 0.3) is 5.91 Å². The first-order valence-corrected chi connectivity index (χ1v) is 5.72. The van der Waals surface area contributed by atoms with Gasteiger partial charge in [-0.15, -0.1) is 0 Å². The van der Waals surface area contributed by atoms with Crippen LogP contribution in [0.2, 0.25) is 5.02 Å². The molecule has 94 valence electrons. The van der Waals surface area contributed by atoms with E-state index < -0.39 is 11.9 Å². The van der Waals surface area contributed by atoms with Crippen molar-refractivity contribution in [3.63, 3.8) is 0 Å². The first-order chi connectivity index (χ1) is 7.90. The molecule has 5 heteroatoms. The number of benzene rings is 1. The van der Waals surface area contributed by atoms with Crippen LogP contribution < -0.4 is 5.32 Å². The van der Waals surface area contributed by atoms with E-state index in [1.165, 1.54) is 12.1 Å². The topological polar surface area (TPSA) is 49.3 Å². The van der Waals surface area contributed by atoms with Gasteiger partial charge >= 0.3 is 0 Å². The van der Waals surface area contributed by atoms with Crippen molar-refractivity contribution in [2.45, 2.75) is 32.4 Å². The Labute approximate surface area is 105 Å². The van der Waals surface area contributed by atoms with E-state index in [0.717, 1.165) is 6.07 Å². The molecule has 0 aliphatic rings. The number of aliphatic hydroxyl groups excluding tert-OH is 1. The van der Waals surface area contributed by atoms with Crippen molar-refractivity contribution in [1.29, 1.82) is 0 Å². The second-order valence-electron chi connectivity index (χ2n) is 4.09. The third-order valence-corrected chi connectivity index (χ3v) is 2.54. The van der Waals surface area contributed by atoms with Crippen LogP contribution in [0, 0.1) is 5.82 Å². The molecule has 1 rings (SSSR count). The molecular formula is C12H15ClFNO2. The second kappa shape index (κ2) is 5.98. The predicted molar refractivity (Wildman–Crippen MR) is 64.6 cm³/mol. The van der Waals surface area contributed by atoms with E-state index >= 15 is 0 Å². The Morgan fingerprint density at radius 2 is 2.18 bits per heavy atom. The number of carbonyl (C=O) groups excluding carboxylic acids is 1. The van der Waals surface area contributed by atoms with Gasteiger partial charge in [0, 0.05) is 11.6 Å². The number of rotatable bonds is 4. The molecule has 0 radical (unpaired) electrons. The Kier molecular flexibility index (Phi) is 4.90. The van der Waals surface area contributed by atoms with Crippen LogP contribution in [0.3, 0.4) is 0 Å². The molecular weight excluding hydrogens is 245 g/mol. The molecule has 0 heterocycles. The molecule has 0 spiro atoms. The summed E-state index contributed by atoms with van der Waals surface area (Å²) in [5.74, 6) is -0.889. The minimum absolute atomic E-state index is 0.0826. The van der Waals surface area contributed by atoms with Crippen molar-refractivity contribution in [3.8, 4) is 0 Å². The number of hydrogen-bond donors (Lipinski definition) is 2. The van der Waals surface area contributed by atoms with Crippen LogP contribution in [0.5, 0.6) is 0 Å². The van der Waals surface area contributed by atoms with Gasteiger partial charge in [0.15, 0.2) is 0 Å². The van der Waals surface area contributed by atoms with Crippen LogP contribution in [0.15, 0.2) is 18.2 Å². The Morgan fingerprint density at radius 1 is 1.53 bits per heavy atom. The van der Waals surface area contributed by atoms with E-state index in [1.807, 2.05) is 0 Å². The highest BCUT2D eigenvalue weighted by molar-refractivity contribution is 6.31. The third kappa shape index (κ3) is 4.32. The van der Waals surface area contributed by atoms with Gasteiger partial charge in [-0.3, -0.25) is 4.79 Å². The van der Waals surface area contributed by atoms with E-state index in [0.29, 0.717) is 12.0 Å². The SMILES string of the molecule is CC(O)CC(C)NC(=O)c1ccc(F)c(Cl)c1. The monoisotopic (exact) mass is 259 g/mol. The quantitative estimate of drug-likeness (QED) is 0.872. The molecule has 0 aliphatic carbocycles. The minimum Gasteiger partial charge on any atom is -0.393 e. The summed E-state index contributed by atoms with van der Waals surface area (Å²) in [5.41, 5.74) is 0.300. The minimum atomic E-state index is -0.555. The molecule has 2 atom stereocenters. The number of amides is 1. The van der Waals surface area contributed by atoms with Crippen molar-refractivity contribution in [1.82, 2.24) is 5.32 Å². The zero-order chi connectivity index (χ0) is 13.0. The maximum absolute atomic E-state index is 12.9. The van der Waals surface area contributed by atoms with Crippen molar-refractivity contribution in [3.05, 3.63) is 34.6 Å². The van der Waals surface area contributed by atoms with E-state index in [1.54, 1.807) is 13.8 Å². The lowest BCUT2D eigenvalue weighted by Crippen LogP contribution is -2.34. The molecule has 0 saturated carbocycles. The first-order valence-electron chi connectivity index (χ1n) is 5.34. The van der Waals surface area contributed by atoms with Gasteiger partial charge in [-0.25, -0.2) is 4.39 Å². The Hall–Kier alpha value is -1.13. The summed E-state index contributed by atoms with van der Waals surface area (Å²) in [6, 6.07) is 3.63. The first kappa shape index (κ1) is 13.9. The number of carbonyl (C=O) groups is 1. The summed E-state index contributed by atoms with van der Waals surface area (Å²) in [6.45, 7) is 3.44. The fourth-order valence-electron chi connectivity index (χ4n) is 1.52. The van der Waals surface area contributed by atoms with Crippen molar-refractivity contribution < 1.29 is 14.3 Å². The van der Waals surface area contributed by atoms with Crippen LogP contribution in [0.25, 0.3) is 0 Å². The van der Waals surface area contributed by atoms with E-state index in [9.17, 15) is 9.18 Å². The predicted octanol–water partition coefficient (Wildman–Crippen LogP) is 2.37. The summed E-state index contributed by atoms with van der Waals surface area (Å²) < 4.78 is 12.9. The van der Waals surface area contributed by atoms with Gasteiger partial charge in [-0.1, -0.05) is 11.6 Å². The molecule has 2 N–H and O–H groups in total. The Bertz CT molecular complexity index is 409. The number of aliphatic hydroxyl groups is 1. The van der Waals surface area contributed by atoms with Crippen molar-refractivity contribution >= 4 is 17.5 Å². The standard InChI is InChI=1S/C12H15ClFNO2/c1-7(5-8(2)16)15-12(17)9-3-4-11(14)10(13)6-9/h3-4,6-8,16H,5H2,1-2H3,(H,15,17). The molecule has 1 aromatic carbocycles. The van der Waals surface area contributed by atoms with Crippen LogP contribution in [-0.4, -0.2) is 23.2 Å². The average Bonchev–Trinajstić information content (AvgIpc) is 2.20. The van der Waals surface area contributed by atoms with Crippen LogP contribution >= 0.6 is 11.6 Å². The smallest absolute Gasteiger partial charge is 0.251 e. The largest absolute Gasteiger partial charge is 0.393 e. The van der Waals surface area contributed by atoms with Crippen LogP contribution in [0.4, 0.5) is 4.39 Å². The zero-order valence-corrected chi connectivity index (χ0v) is 10.5. The molecule has 17 heavy (non-hydrogen) atoms. The number of halogens is 2. The van der Waals surface area contributed by atoms with Gasteiger partial charge in [-0.2, -0.15) is 0 Å². The summed E-state index contributed by atoms with van der Waals surface area (Å²) in [4.78, 5) is 11.7. The lowest BCUT2D eigenvalue weighted by Gasteiger charge is -2.15. The molecule has 0 bridgehead atoms. The summed E-state index contributed by atoms with van der Waals surface area (Å²) in [6.07, 6.45) is -0.0252. The number of nitrogens with one attached hydrogen (secondary N) is 1. The molecule has 0 fully saturated rings. The normalized spacial score (nSPS) is 14.2. The zero-order valence-electron chi connectivity index (χ0n) is 9.71. The van der Waals surface area contributed by atoms with Crippen molar-refractivity contribution in [2.75, 3.05) is 0 Å². The molecule has 2 unspecified atom stereocenters. The lowest BCUT2D eigenvalue weighted by molar-refractivity contribution is 0.0923. The Balaban J connectivity index is 2.66. The van der Waals surface area contributed by atoms with E-state index in [-0.39, 0.29) is 17.0 Å². The molecule has 0 saturated heterocycles. The van der Waals surface area contributed by atoms with Gasteiger partial charge in [0.1, 0.15) is 5.82 Å². The molecule has 1 amide bonds. The van der Waals surface area contributed by atoms with Gasteiger partial charge < -0.3 is 10.4 Å². The highest BCUT2D eigenvalue weighted by Crippen LogP contribution is 2.16. The fourth-order valence-corrected chi connectivity index (χ4v) is 1.70. The molecule has 1 aromatic rings. The molecule has 0 aromatic heterocycles. The maximum atomic E-state index is 12.9. The maximum Gasteiger partial charge on any atom is 0.251 e. The highest BCUT2D eigenvalue weighted by atomic mass is 35.5. The number of hydrogen-bond acceptors (Lipinski definition) is 2. The summed E-state index contributed by atoms with van der Waals surface area (Å²) >= 11 is 5.58. The molecule has 3 nitrogen and oxygen atoms in total. The summed E-state index contributed by atoms with van der Waals surface area (Å²) in [7, 11) is 0. The van der Waals surface area contributed by atoms with E-state index in [2.05, 4.69) is 5.32 Å². The van der Waals surface area contributed by atoms with Gasteiger partial charge in [0.05, 0.1) is 11.1 Å². The average molecular weight is 260 g/mol. The Morgan fingerprint density at radius 3 is 2.71 bits per heavy atom. The van der Waals surface area contributed by atoms with Crippen LogP contribution in [0.1, 0.15) is 30.6 Å². The highest BCUT2D eigenvalue weighted by Gasteiger charge is 2.12. The van der Waals surface area contributed by atoms with E-state index in [4.69, 9.17) is 16.7 Å². The fraction of sp³-hybridized carbons (Fsp3) is 0.417. The van der Waals surface area contributed by atoms with Crippen molar-refractivity contribution in [2.24, 2.45) is 0 Å². The second-order valence-corrected chi connectivity index (χ2v) is 4.50. The van der Waals surface area contributed by atoms with Gasteiger partial charge in [0.2, 0.25) is 0 Å².